The van der Waals surface area contributed by atoms with Crippen LogP contribution in [0.4, 0.5) is 0 Å². The van der Waals surface area contributed by atoms with Crippen LogP contribution in [-0.4, -0.2) is 19.1 Å². The van der Waals surface area contributed by atoms with Crippen molar-refractivity contribution in [2.75, 3.05) is 0 Å². The van der Waals surface area contributed by atoms with E-state index in [0.717, 1.165) is 6.42 Å². The van der Waals surface area contributed by atoms with Crippen molar-refractivity contribution >= 4 is 14.0 Å². The molecule has 0 atom stereocenters. The van der Waals surface area contributed by atoms with Gasteiger partial charge in [0.2, 0.25) is 0 Å². The number of carboxylic acid groups (broad SMARTS) is 1. The monoisotopic (exact) mass is 156 g/mol. The zero-order valence-corrected chi connectivity index (χ0v) is 7.56. The summed E-state index contributed by atoms with van der Waals surface area (Å²) in [6.07, 6.45) is 0.769. The van der Waals surface area contributed by atoms with Crippen LogP contribution in [-0.2, 0) is 4.79 Å². The molecule has 10 heavy (non-hydrogen) atoms. The second kappa shape index (κ2) is 1.95. The Morgan fingerprint density at radius 3 is 2.10 bits per heavy atom. The van der Waals surface area contributed by atoms with Crippen LogP contribution in [0, 0.1) is 0 Å². The van der Waals surface area contributed by atoms with Gasteiger partial charge in [0.1, 0.15) is 0 Å². The molecule has 0 aromatic carbocycles. The molecule has 0 amide bonds. The van der Waals surface area contributed by atoms with Gasteiger partial charge in [-0.3, -0.25) is 0 Å². The van der Waals surface area contributed by atoms with Crippen molar-refractivity contribution in [3.63, 3.8) is 0 Å². The molecule has 3 heteroatoms. The van der Waals surface area contributed by atoms with Crippen LogP contribution in [0.15, 0.2) is 10.8 Å². The minimum absolute atomic E-state index is 0.680. The van der Waals surface area contributed by atoms with Gasteiger partial charge in [-0.15, -0.1) is 0 Å². The van der Waals surface area contributed by atoms with Crippen LogP contribution in [0.1, 0.15) is 6.42 Å². The van der Waals surface area contributed by atoms with Crippen LogP contribution >= 0.6 is 0 Å². The molecule has 1 N–H and O–H groups in total. The fraction of sp³-hybridized carbons (Fsp3) is 0.571. The molecule has 2 nitrogen and oxygen atoms in total. The molecule has 0 saturated heterocycles. The Morgan fingerprint density at radius 2 is 2.00 bits per heavy atom. The van der Waals surface area contributed by atoms with Gasteiger partial charge in [-0.05, 0) is 6.42 Å². The molecule has 0 radical (unpaired) electrons. The predicted octanol–water partition coefficient (Wildman–Crippen LogP) is 1.65. The molecule has 0 spiro atoms. The topological polar surface area (TPSA) is 37.3 Å². The highest BCUT2D eigenvalue weighted by Crippen LogP contribution is 2.38. The molecule has 56 valence electrons. The standard InChI is InChI=1S/C7H12O2Si/c1-10(2,3)6-4-5(6)7(8)9/h4H2,1-3H3,(H,8,9). The van der Waals surface area contributed by atoms with Gasteiger partial charge in [-0.25, -0.2) is 4.79 Å². The van der Waals surface area contributed by atoms with Gasteiger partial charge in [-0.2, -0.15) is 0 Å². The van der Waals surface area contributed by atoms with Crippen molar-refractivity contribution in [3.05, 3.63) is 10.8 Å². The summed E-state index contributed by atoms with van der Waals surface area (Å²) < 4.78 is 0. The molecule has 0 fully saturated rings. The fourth-order valence-electron chi connectivity index (χ4n) is 1.06. The molecule has 0 aromatic heterocycles. The summed E-state index contributed by atoms with van der Waals surface area (Å²) in [7, 11) is -1.25. The van der Waals surface area contributed by atoms with E-state index in [1.807, 2.05) is 0 Å². The average molecular weight is 156 g/mol. The Bertz CT molecular complexity index is 210. The van der Waals surface area contributed by atoms with E-state index in [0.29, 0.717) is 5.57 Å². The van der Waals surface area contributed by atoms with E-state index >= 15 is 0 Å². The molecule has 1 rings (SSSR count). The maximum Gasteiger partial charge on any atom is 0.331 e. The lowest BCUT2D eigenvalue weighted by atomic mass is 10.5. The molecule has 0 unspecified atom stereocenters. The zero-order chi connectivity index (χ0) is 7.94. The average Bonchev–Trinajstić information content (AvgIpc) is 2.35. The number of hydrogen-bond donors (Lipinski definition) is 1. The van der Waals surface area contributed by atoms with E-state index in [-0.39, 0.29) is 0 Å². The van der Waals surface area contributed by atoms with Crippen molar-refractivity contribution in [2.24, 2.45) is 0 Å². The third-order valence-electron chi connectivity index (χ3n) is 1.76. The lowest BCUT2D eigenvalue weighted by Crippen LogP contribution is -2.18. The largest absolute Gasteiger partial charge is 0.478 e. The molecule has 1 aliphatic rings. The van der Waals surface area contributed by atoms with Crippen LogP contribution in [0.3, 0.4) is 0 Å². The van der Waals surface area contributed by atoms with Crippen molar-refractivity contribution in [1.29, 1.82) is 0 Å². The Kier molecular flexibility index (Phi) is 1.47. The summed E-state index contributed by atoms with van der Waals surface area (Å²) in [4.78, 5) is 10.4. The van der Waals surface area contributed by atoms with Gasteiger partial charge >= 0.3 is 5.97 Å². The number of carboxylic acids is 1. The quantitative estimate of drug-likeness (QED) is 0.617. The minimum Gasteiger partial charge on any atom is -0.478 e. The van der Waals surface area contributed by atoms with Crippen LogP contribution < -0.4 is 0 Å². The number of hydrogen-bond acceptors (Lipinski definition) is 1. The fourth-order valence-corrected chi connectivity index (χ4v) is 2.77. The van der Waals surface area contributed by atoms with Gasteiger partial charge in [0, 0.05) is 5.57 Å². The molecule has 0 heterocycles. The lowest BCUT2D eigenvalue weighted by molar-refractivity contribution is -0.132. The lowest BCUT2D eigenvalue weighted by Gasteiger charge is -2.08. The van der Waals surface area contributed by atoms with Crippen molar-refractivity contribution in [2.45, 2.75) is 26.1 Å². The van der Waals surface area contributed by atoms with E-state index in [1.54, 1.807) is 0 Å². The highest BCUT2D eigenvalue weighted by atomic mass is 28.3. The first-order chi connectivity index (χ1) is 4.43. The summed E-state index contributed by atoms with van der Waals surface area (Å²) in [6, 6.07) is 0. The Morgan fingerprint density at radius 1 is 1.50 bits per heavy atom. The predicted molar refractivity (Wildman–Crippen MR) is 42.6 cm³/mol. The van der Waals surface area contributed by atoms with Crippen LogP contribution in [0.5, 0.6) is 0 Å². The Hall–Kier alpha value is -0.573. The first kappa shape index (κ1) is 7.53. The summed E-state index contributed by atoms with van der Waals surface area (Å²) in [5.41, 5.74) is 0.680. The Labute approximate surface area is 61.6 Å². The third kappa shape index (κ3) is 1.29. The molecule has 0 aliphatic heterocycles. The second-order valence-corrected chi connectivity index (χ2v) is 8.79. The van der Waals surface area contributed by atoms with E-state index in [4.69, 9.17) is 5.11 Å². The third-order valence-corrected chi connectivity index (χ3v) is 4.05. The molecule has 0 aromatic rings. The Balaban J connectivity index is 2.74. The van der Waals surface area contributed by atoms with Crippen LogP contribution in [0.25, 0.3) is 0 Å². The zero-order valence-electron chi connectivity index (χ0n) is 6.56. The maximum atomic E-state index is 10.4. The number of allylic oxidation sites excluding steroid dienone is 1. The summed E-state index contributed by atoms with van der Waals surface area (Å²) in [6.45, 7) is 6.54. The summed E-state index contributed by atoms with van der Waals surface area (Å²) >= 11 is 0. The number of aliphatic carboxylic acids is 1. The van der Waals surface area contributed by atoms with Crippen LogP contribution in [0.2, 0.25) is 19.6 Å². The minimum atomic E-state index is -1.25. The molecular weight excluding hydrogens is 144 g/mol. The van der Waals surface area contributed by atoms with Crippen molar-refractivity contribution in [3.8, 4) is 0 Å². The van der Waals surface area contributed by atoms with Crippen molar-refractivity contribution < 1.29 is 9.90 Å². The maximum absolute atomic E-state index is 10.4. The first-order valence-electron chi connectivity index (χ1n) is 3.38. The number of carbonyl (C=O) groups is 1. The molecular formula is C7H12O2Si. The number of rotatable bonds is 2. The molecule has 0 saturated carbocycles. The smallest absolute Gasteiger partial charge is 0.331 e. The van der Waals surface area contributed by atoms with E-state index in [1.165, 1.54) is 5.20 Å². The van der Waals surface area contributed by atoms with Gasteiger partial charge in [0.25, 0.3) is 0 Å². The summed E-state index contributed by atoms with van der Waals surface area (Å²) in [5.74, 6) is -0.711. The molecule has 0 bridgehead atoms. The second-order valence-electron chi connectivity index (χ2n) is 3.69. The molecule has 1 aliphatic carbocycles. The first-order valence-corrected chi connectivity index (χ1v) is 6.88. The highest BCUT2D eigenvalue weighted by molar-refractivity contribution is 6.84. The van der Waals surface area contributed by atoms with E-state index in [2.05, 4.69) is 19.6 Å². The summed E-state index contributed by atoms with van der Waals surface area (Å²) in [5, 5.41) is 9.79. The highest BCUT2D eigenvalue weighted by Gasteiger charge is 2.36. The normalized spacial score (nSPS) is 17.5. The van der Waals surface area contributed by atoms with Gasteiger partial charge in [0.15, 0.2) is 0 Å². The van der Waals surface area contributed by atoms with E-state index in [9.17, 15) is 4.79 Å². The van der Waals surface area contributed by atoms with Gasteiger partial charge < -0.3 is 5.11 Å². The van der Waals surface area contributed by atoms with Gasteiger partial charge in [-0.1, -0.05) is 24.8 Å². The van der Waals surface area contributed by atoms with Gasteiger partial charge in [0.05, 0.1) is 8.07 Å². The van der Waals surface area contributed by atoms with E-state index < -0.39 is 14.0 Å². The van der Waals surface area contributed by atoms with Crippen molar-refractivity contribution in [1.82, 2.24) is 0 Å². The SMILES string of the molecule is C[Si](C)(C)C1=C(C(=O)O)C1.